The van der Waals surface area contributed by atoms with Gasteiger partial charge in [0.1, 0.15) is 0 Å². The van der Waals surface area contributed by atoms with E-state index in [0.29, 0.717) is 0 Å². The third-order valence-electron chi connectivity index (χ3n) is 3.04. The highest BCUT2D eigenvalue weighted by Crippen LogP contribution is 2.25. The fraction of sp³-hybridized carbons (Fsp3) is 0.385. The van der Waals surface area contributed by atoms with Gasteiger partial charge in [0.25, 0.3) is 0 Å². The van der Waals surface area contributed by atoms with E-state index in [0.717, 1.165) is 45.9 Å². The minimum absolute atomic E-state index is 0.834. The quantitative estimate of drug-likeness (QED) is 0.816. The molecule has 0 spiro atoms. The molecule has 1 aliphatic heterocycles. The lowest BCUT2D eigenvalue weighted by Gasteiger charge is -2.29. The van der Waals surface area contributed by atoms with Gasteiger partial charge in [-0.15, -0.1) is 11.3 Å². The van der Waals surface area contributed by atoms with E-state index in [1.165, 1.54) is 4.70 Å². The summed E-state index contributed by atoms with van der Waals surface area (Å²) in [4.78, 5) is 6.71. The first kappa shape index (κ1) is 13.1. The van der Waals surface area contributed by atoms with Crippen molar-refractivity contribution in [2.45, 2.75) is 6.92 Å². The largest absolute Gasteiger partial charge is 0.347 e. The summed E-state index contributed by atoms with van der Waals surface area (Å²) in [6.45, 7) is 4.12. The van der Waals surface area contributed by atoms with E-state index in [1.54, 1.807) is 11.3 Å². The van der Waals surface area contributed by atoms with Crippen LogP contribution in [0.3, 0.4) is 0 Å². The molecule has 2 aromatic rings. The van der Waals surface area contributed by atoms with E-state index >= 15 is 0 Å². The molecule has 0 amide bonds. The number of thiazole rings is 1. The van der Waals surface area contributed by atoms with Gasteiger partial charge in [-0.05, 0) is 37.3 Å². The van der Waals surface area contributed by atoms with Crippen molar-refractivity contribution in [2.24, 2.45) is 0 Å². The highest BCUT2D eigenvalue weighted by Gasteiger charge is 2.13. The highest BCUT2D eigenvalue weighted by molar-refractivity contribution is 7.99. The molecule has 3 rings (SSSR count). The van der Waals surface area contributed by atoms with Gasteiger partial charge < -0.3 is 10.2 Å². The van der Waals surface area contributed by atoms with Crippen LogP contribution in [0.15, 0.2) is 18.2 Å². The SMILES string of the molecule is Cc1nc2ccc(NC(=S)N3CCSCC3)cc2s1. The van der Waals surface area contributed by atoms with Gasteiger partial charge in [-0.3, -0.25) is 0 Å². The molecule has 0 bridgehead atoms. The van der Waals surface area contributed by atoms with Crippen LogP contribution in [0.2, 0.25) is 0 Å². The first-order chi connectivity index (χ1) is 9.22. The van der Waals surface area contributed by atoms with Crippen molar-refractivity contribution in [3.63, 3.8) is 0 Å². The van der Waals surface area contributed by atoms with Crippen LogP contribution in [0.25, 0.3) is 10.2 Å². The van der Waals surface area contributed by atoms with Gasteiger partial charge >= 0.3 is 0 Å². The third-order valence-corrected chi connectivity index (χ3v) is 5.28. The Bertz CT molecular complexity index is 602. The zero-order valence-electron chi connectivity index (χ0n) is 10.7. The van der Waals surface area contributed by atoms with Crippen molar-refractivity contribution in [3.05, 3.63) is 23.2 Å². The molecule has 2 heterocycles. The second-order valence-electron chi connectivity index (χ2n) is 4.44. The number of thioether (sulfide) groups is 1. The second kappa shape index (κ2) is 5.64. The van der Waals surface area contributed by atoms with Gasteiger partial charge in [0.2, 0.25) is 0 Å². The standard InChI is InChI=1S/C13H15N3S3/c1-9-14-11-3-2-10(8-12(11)19-9)15-13(17)16-4-6-18-7-5-16/h2-3,8H,4-7H2,1H3,(H,15,17). The maximum atomic E-state index is 5.48. The molecule has 0 atom stereocenters. The number of rotatable bonds is 1. The summed E-state index contributed by atoms with van der Waals surface area (Å²) in [6, 6.07) is 6.23. The van der Waals surface area contributed by atoms with Crippen molar-refractivity contribution in [1.82, 2.24) is 9.88 Å². The molecule has 1 saturated heterocycles. The Morgan fingerprint density at radius 2 is 2.16 bits per heavy atom. The molecule has 1 aliphatic rings. The van der Waals surface area contributed by atoms with E-state index in [9.17, 15) is 0 Å². The Morgan fingerprint density at radius 1 is 1.37 bits per heavy atom. The van der Waals surface area contributed by atoms with Gasteiger partial charge in [0.05, 0.1) is 15.2 Å². The molecule has 1 aromatic heterocycles. The number of aromatic nitrogens is 1. The summed E-state index contributed by atoms with van der Waals surface area (Å²) in [5.74, 6) is 2.32. The topological polar surface area (TPSA) is 28.2 Å². The van der Waals surface area contributed by atoms with Crippen molar-refractivity contribution in [1.29, 1.82) is 0 Å². The van der Waals surface area contributed by atoms with Gasteiger partial charge in [-0.1, -0.05) is 0 Å². The minimum atomic E-state index is 0.834. The number of thiocarbonyl (C=S) groups is 1. The van der Waals surface area contributed by atoms with Crippen LogP contribution >= 0.6 is 35.3 Å². The molecule has 0 radical (unpaired) electrons. The number of nitrogens with zero attached hydrogens (tertiary/aromatic N) is 2. The molecule has 19 heavy (non-hydrogen) atoms. The number of nitrogens with one attached hydrogen (secondary N) is 1. The lowest BCUT2D eigenvalue weighted by Crippen LogP contribution is -2.40. The summed E-state index contributed by atoms with van der Waals surface area (Å²) in [6.07, 6.45) is 0. The zero-order chi connectivity index (χ0) is 13.2. The molecule has 100 valence electrons. The van der Waals surface area contributed by atoms with Crippen molar-refractivity contribution < 1.29 is 0 Å². The third kappa shape index (κ3) is 3.01. The molecular formula is C13H15N3S3. The first-order valence-electron chi connectivity index (χ1n) is 6.23. The highest BCUT2D eigenvalue weighted by atomic mass is 32.2. The predicted octanol–water partition coefficient (Wildman–Crippen LogP) is 3.35. The number of aryl methyl sites for hydroxylation is 1. The molecule has 1 fully saturated rings. The fourth-order valence-electron chi connectivity index (χ4n) is 2.09. The average Bonchev–Trinajstić information content (AvgIpc) is 2.79. The number of anilines is 1. The van der Waals surface area contributed by atoms with Crippen LogP contribution in [-0.2, 0) is 0 Å². The molecule has 6 heteroatoms. The number of fused-ring (bicyclic) bond motifs is 1. The average molecular weight is 309 g/mol. The molecule has 1 aromatic carbocycles. The lowest BCUT2D eigenvalue weighted by atomic mass is 10.3. The molecule has 0 unspecified atom stereocenters. The smallest absolute Gasteiger partial charge is 0.173 e. The van der Waals surface area contributed by atoms with Gasteiger partial charge in [-0.2, -0.15) is 11.8 Å². The molecule has 3 nitrogen and oxygen atoms in total. The monoisotopic (exact) mass is 309 g/mol. The van der Waals surface area contributed by atoms with Gasteiger partial charge in [0, 0.05) is 30.3 Å². The summed E-state index contributed by atoms with van der Waals surface area (Å²) in [5, 5.41) is 5.27. The van der Waals surface area contributed by atoms with Crippen LogP contribution in [-0.4, -0.2) is 39.6 Å². The normalized spacial score (nSPS) is 15.7. The van der Waals surface area contributed by atoms with E-state index < -0.39 is 0 Å². The lowest BCUT2D eigenvalue weighted by molar-refractivity contribution is 0.470. The van der Waals surface area contributed by atoms with Crippen LogP contribution in [0.5, 0.6) is 0 Å². The van der Waals surface area contributed by atoms with Gasteiger partial charge in [-0.25, -0.2) is 4.98 Å². The van der Waals surface area contributed by atoms with E-state index in [1.807, 2.05) is 24.8 Å². The molecule has 1 N–H and O–H groups in total. The van der Waals surface area contributed by atoms with E-state index in [4.69, 9.17) is 12.2 Å². The van der Waals surface area contributed by atoms with Crippen LogP contribution < -0.4 is 5.32 Å². The second-order valence-corrected chi connectivity index (χ2v) is 7.29. The zero-order valence-corrected chi connectivity index (χ0v) is 13.1. The maximum absolute atomic E-state index is 5.48. The van der Waals surface area contributed by atoms with Crippen LogP contribution in [0.1, 0.15) is 5.01 Å². The van der Waals surface area contributed by atoms with Crippen molar-refractivity contribution in [2.75, 3.05) is 29.9 Å². The van der Waals surface area contributed by atoms with Crippen LogP contribution in [0.4, 0.5) is 5.69 Å². The Hall–Kier alpha value is -0.850. The van der Waals surface area contributed by atoms with E-state index in [2.05, 4.69) is 27.3 Å². The van der Waals surface area contributed by atoms with Gasteiger partial charge in [0.15, 0.2) is 5.11 Å². The summed E-state index contributed by atoms with van der Waals surface area (Å²) in [7, 11) is 0. The van der Waals surface area contributed by atoms with E-state index in [-0.39, 0.29) is 0 Å². The molecular weight excluding hydrogens is 294 g/mol. The molecule has 0 aliphatic carbocycles. The summed E-state index contributed by atoms with van der Waals surface area (Å²) < 4.78 is 1.21. The van der Waals surface area contributed by atoms with Crippen molar-refractivity contribution >= 4 is 56.3 Å². The predicted molar refractivity (Wildman–Crippen MR) is 89.5 cm³/mol. The summed E-state index contributed by atoms with van der Waals surface area (Å²) in [5.41, 5.74) is 2.12. The number of hydrogen-bond donors (Lipinski definition) is 1. The van der Waals surface area contributed by atoms with Crippen LogP contribution in [0, 0.1) is 6.92 Å². The fourth-order valence-corrected chi connectivity index (χ4v) is 4.16. The Labute approximate surface area is 126 Å². The first-order valence-corrected chi connectivity index (χ1v) is 8.61. The number of benzene rings is 1. The molecule has 0 saturated carbocycles. The Kier molecular flexibility index (Phi) is 3.91. The number of hydrogen-bond acceptors (Lipinski definition) is 4. The maximum Gasteiger partial charge on any atom is 0.173 e. The van der Waals surface area contributed by atoms with Crippen molar-refractivity contribution in [3.8, 4) is 0 Å². The minimum Gasteiger partial charge on any atom is -0.347 e. The Balaban J connectivity index is 1.74. The Morgan fingerprint density at radius 3 is 2.95 bits per heavy atom. The summed E-state index contributed by atoms with van der Waals surface area (Å²) >= 11 is 9.19.